The van der Waals surface area contributed by atoms with Crippen molar-refractivity contribution >= 4 is 17.3 Å². The standard InChI is InChI=1S/C19H24N2O6/c1-2-3-4-5-6-7-8-9-10-11-12-27-19(22)16-13-17(20(23)24)15-18(14-16)21(25)26/h2-4,13-15H,1,5-12H2/b4-3-. The minimum atomic E-state index is -0.796. The summed E-state index contributed by atoms with van der Waals surface area (Å²) in [6, 6.07) is 2.77. The van der Waals surface area contributed by atoms with Crippen LogP contribution in [0, 0.1) is 20.2 Å². The molecule has 0 aliphatic heterocycles. The van der Waals surface area contributed by atoms with Crippen LogP contribution >= 0.6 is 0 Å². The number of hydrogen-bond donors (Lipinski definition) is 0. The SMILES string of the molecule is C=C/C=C\CCCCCCCCOC(=O)c1cc([N+](=O)[O-])cc([N+](=O)[O-])c1. The summed E-state index contributed by atoms with van der Waals surface area (Å²) in [5.74, 6) is -0.796. The molecule has 0 unspecified atom stereocenters. The van der Waals surface area contributed by atoms with Crippen molar-refractivity contribution in [2.45, 2.75) is 44.9 Å². The van der Waals surface area contributed by atoms with Gasteiger partial charge in [0.2, 0.25) is 0 Å². The minimum absolute atomic E-state index is 0.178. The summed E-state index contributed by atoms with van der Waals surface area (Å²) in [5.41, 5.74) is -1.22. The third-order valence-electron chi connectivity index (χ3n) is 3.83. The second kappa shape index (κ2) is 12.3. The van der Waals surface area contributed by atoms with Crippen LogP contribution in [0.4, 0.5) is 11.4 Å². The van der Waals surface area contributed by atoms with Gasteiger partial charge in [0.25, 0.3) is 11.4 Å². The maximum atomic E-state index is 12.0. The number of ether oxygens (including phenoxy) is 1. The van der Waals surface area contributed by atoms with E-state index in [-0.39, 0.29) is 12.2 Å². The van der Waals surface area contributed by atoms with Crippen LogP contribution < -0.4 is 0 Å². The van der Waals surface area contributed by atoms with Crippen LogP contribution in [0.3, 0.4) is 0 Å². The molecule has 27 heavy (non-hydrogen) atoms. The number of esters is 1. The average Bonchev–Trinajstić information content (AvgIpc) is 2.65. The second-order valence-corrected chi connectivity index (χ2v) is 5.96. The number of carbonyl (C=O) groups excluding carboxylic acids is 1. The lowest BCUT2D eigenvalue weighted by molar-refractivity contribution is -0.394. The number of hydrogen-bond acceptors (Lipinski definition) is 6. The molecule has 146 valence electrons. The smallest absolute Gasteiger partial charge is 0.338 e. The zero-order chi connectivity index (χ0) is 20.1. The van der Waals surface area contributed by atoms with E-state index in [9.17, 15) is 25.0 Å². The van der Waals surface area contributed by atoms with E-state index in [1.165, 1.54) is 0 Å². The molecular weight excluding hydrogens is 352 g/mol. The van der Waals surface area contributed by atoms with Gasteiger partial charge < -0.3 is 4.74 Å². The molecule has 0 N–H and O–H groups in total. The Bertz CT molecular complexity index is 667. The van der Waals surface area contributed by atoms with Crippen LogP contribution in [0.25, 0.3) is 0 Å². The Balaban J connectivity index is 2.32. The van der Waals surface area contributed by atoms with Crippen LogP contribution in [0.1, 0.15) is 55.3 Å². The Hall–Kier alpha value is -3.03. The van der Waals surface area contributed by atoms with Crippen LogP contribution in [0.2, 0.25) is 0 Å². The number of allylic oxidation sites excluding steroid dienone is 3. The average molecular weight is 376 g/mol. The van der Waals surface area contributed by atoms with Crippen molar-refractivity contribution in [3.05, 3.63) is 68.8 Å². The highest BCUT2D eigenvalue weighted by Gasteiger charge is 2.20. The highest BCUT2D eigenvalue weighted by Crippen LogP contribution is 2.23. The van der Waals surface area contributed by atoms with Crippen LogP contribution in [0.15, 0.2) is 43.0 Å². The van der Waals surface area contributed by atoms with E-state index in [0.717, 1.165) is 56.7 Å². The summed E-state index contributed by atoms with van der Waals surface area (Å²) in [5, 5.41) is 21.7. The number of carbonyl (C=O) groups is 1. The fraction of sp³-hybridized carbons (Fsp3) is 0.421. The molecule has 8 nitrogen and oxygen atoms in total. The summed E-state index contributed by atoms with van der Waals surface area (Å²) in [6.07, 6.45) is 12.8. The van der Waals surface area contributed by atoms with Crippen molar-refractivity contribution in [2.24, 2.45) is 0 Å². The van der Waals surface area contributed by atoms with Gasteiger partial charge in [-0.1, -0.05) is 50.5 Å². The zero-order valence-corrected chi connectivity index (χ0v) is 15.2. The predicted octanol–water partition coefficient (Wildman–Crippen LogP) is 5.13. The molecule has 0 atom stereocenters. The number of non-ortho nitro benzene ring substituents is 2. The number of nitrogens with zero attached hydrogens (tertiary/aromatic N) is 2. The van der Waals surface area contributed by atoms with Gasteiger partial charge in [-0.3, -0.25) is 20.2 Å². The molecule has 0 aliphatic rings. The topological polar surface area (TPSA) is 113 Å². The maximum Gasteiger partial charge on any atom is 0.338 e. The summed E-state index contributed by atoms with van der Waals surface area (Å²) in [6.45, 7) is 3.79. The Morgan fingerprint density at radius 1 is 0.963 bits per heavy atom. The van der Waals surface area contributed by atoms with E-state index in [0.29, 0.717) is 6.42 Å². The zero-order valence-electron chi connectivity index (χ0n) is 15.2. The Morgan fingerprint density at radius 3 is 2.07 bits per heavy atom. The molecule has 1 aromatic carbocycles. The van der Waals surface area contributed by atoms with Gasteiger partial charge >= 0.3 is 5.97 Å². The summed E-state index contributed by atoms with van der Waals surface area (Å²) in [7, 11) is 0. The van der Waals surface area contributed by atoms with Gasteiger partial charge in [0, 0.05) is 12.1 Å². The molecule has 8 heteroatoms. The normalized spacial score (nSPS) is 10.7. The highest BCUT2D eigenvalue weighted by atomic mass is 16.6. The lowest BCUT2D eigenvalue weighted by Crippen LogP contribution is -2.08. The molecular formula is C19H24N2O6. The molecule has 1 rings (SSSR count). The van der Waals surface area contributed by atoms with Crippen molar-refractivity contribution in [2.75, 3.05) is 6.61 Å². The molecule has 0 aliphatic carbocycles. The Kier molecular flexibility index (Phi) is 10.1. The van der Waals surface area contributed by atoms with Crippen LogP contribution in [0.5, 0.6) is 0 Å². The number of nitro groups is 2. The maximum absolute atomic E-state index is 12.0. The van der Waals surface area contributed by atoms with E-state index in [1.54, 1.807) is 6.08 Å². The van der Waals surface area contributed by atoms with Gasteiger partial charge in [0.15, 0.2) is 0 Å². The summed E-state index contributed by atoms with van der Waals surface area (Å²) >= 11 is 0. The first-order valence-electron chi connectivity index (χ1n) is 8.84. The van der Waals surface area contributed by atoms with Gasteiger partial charge in [-0.05, 0) is 19.3 Å². The van der Waals surface area contributed by atoms with Crippen molar-refractivity contribution < 1.29 is 19.4 Å². The number of nitro benzene ring substituents is 2. The van der Waals surface area contributed by atoms with Gasteiger partial charge in [-0.2, -0.15) is 0 Å². The third kappa shape index (κ3) is 8.75. The van der Waals surface area contributed by atoms with Crippen molar-refractivity contribution in [1.29, 1.82) is 0 Å². The van der Waals surface area contributed by atoms with Gasteiger partial charge in [-0.25, -0.2) is 4.79 Å². The summed E-state index contributed by atoms with van der Waals surface area (Å²) in [4.78, 5) is 32.1. The molecule has 0 saturated carbocycles. The van der Waals surface area contributed by atoms with Gasteiger partial charge in [0.1, 0.15) is 0 Å². The molecule has 1 aromatic rings. The van der Waals surface area contributed by atoms with E-state index in [2.05, 4.69) is 12.7 Å². The lowest BCUT2D eigenvalue weighted by atomic mass is 10.1. The van der Waals surface area contributed by atoms with Crippen molar-refractivity contribution in [3.8, 4) is 0 Å². The molecule has 0 heterocycles. The molecule has 0 radical (unpaired) electrons. The third-order valence-corrected chi connectivity index (χ3v) is 3.83. The van der Waals surface area contributed by atoms with Crippen LogP contribution in [-0.2, 0) is 4.74 Å². The van der Waals surface area contributed by atoms with E-state index < -0.39 is 27.2 Å². The van der Waals surface area contributed by atoms with Crippen molar-refractivity contribution in [3.63, 3.8) is 0 Å². The highest BCUT2D eigenvalue weighted by molar-refractivity contribution is 5.91. The Labute approximate surface area is 157 Å². The van der Waals surface area contributed by atoms with Gasteiger partial charge in [-0.15, -0.1) is 0 Å². The van der Waals surface area contributed by atoms with Crippen LogP contribution in [-0.4, -0.2) is 22.4 Å². The lowest BCUT2D eigenvalue weighted by Gasteiger charge is -2.05. The molecule has 0 fully saturated rings. The molecule has 0 aromatic heterocycles. The monoisotopic (exact) mass is 376 g/mol. The van der Waals surface area contributed by atoms with E-state index >= 15 is 0 Å². The largest absolute Gasteiger partial charge is 0.462 e. The number of benzene rings is 1. The molecule has 0 bridgehead atoms. The first-order valence-corrected chi connectivity index (χ1v) is 8.84. The van der Waals surface area contributed by atoms with Gasteiger partial charge in [0.05, 0.1) is 28.1 Å². The number of rotatable bonds is 13. The quantitative estimate of drug-likeness (QED) is 0.155. The first kappa shape index (κ1) is 22.0. The second-order valence-electron chi connectivity index (χ2n) is 5.96. The predicted molar refractivity (Wildman–Crippen MR) is 102 cm³/mol. The molecule has 0 spiro atoms. The fourth-order valence-electron chi connectivity index (χ4n) is 2.44. The Morgan fingerprint density at radius 2 is 1.52 bits per heavy atom. The van der Waals surface area contributed by atoms with E-state index in [4.69, 9.17) is 4.74 Å². The minimum Gasteiger partial charge on any atom is -0.462 e. The molecule has 0 amide bonds. The first-order chi connectivity index (χ1) is 13.0. The molecule has 0 saturated heterocycles. The fourth-order valence-corrected chi connectivity index (χ4v) is 2.44. The summed E-state index contributed by atoms with van der Waals surface area (Å²) < 4.78 is 5.07. The number of unbranched alkanes of at least 4 members (excludes halogenated alkanes) is 6. The van der Waals surface area contributed by atoms with E-state index in [1.807, 2.05) is 6.08 Å². The van der Waals surface area contributed by atoms with Crippen molar-refractivity contribution in [1.82, 2.24) is 0 Å².